The molecular formula is C44H28O. The monoisotopic (exact) mass is 588 g/mol. The van der Waals surface area contributed by atoms with Gasteiger partial charge in [0.05, 0.1) is 21.9 Å². The molecular weight excluding hydrogens is 544 g/mol. The lowest BCUT2D eigenvalue weighted by Gasteiger charge is -2.19. The maximum atomic E-state index is 9.56. The second-order valence-electron chi connectivity index (χ2n) is 10.4. The second kappa shape index (κ2) is 10.4. The van der Waals surface area contributed by atoms with E-state index in [-0.39, 0.29) is 38.6 Å². The summed E-state index contributed by atoms with van der Waals surface area (Å²) in [6.07, 6.45) is 0. The molecule has 0 aliphatic rings. The lowest BCUT2D eigenvalue weighted by atomic mass is 9.84. The molecule has 0 spiro atoms. The van der Waals surface area contributed by atoms with Crippen molar-refractivity contribution in [1.29, 1.82) is 0 Å². The summed E-state index contributed by atoms with van der Waals surface area (Å²) in [6.45, 7) is 0. The van der Waals surface area contributed by atoms with Crippen LogP contribution in [-0.2, 0) is 0 Å². The molecule has 1 nitrogen and oxygen atoms in total. The molecule has 0 bridgehead atoms. The van der Waals surface area contributed by atoms with Gasteiger partial charge in [0.25, 0.3) is 0 Å². The maximum Gasteiger partial charge on any atom is 0.135 e. The van der Waals surface area contributed by atoms with Crippen molar-refractivity contribution >= 4 is 43.5 Å². The highest BCUT2D eigenvalue weighted by molar-refractivity contribution is 6.22. The SMILES string of the molecule is [2H]c1c([2H])c([2H])c(-c2c3ccccc3c(-c3c([2H])c([2H])c(-c4c([2H])c([2H])c5oc6c([2H])c([2H])c([2H])c([2H])c6c5c4[2H])c([2H])c3[2H])c3cc(-c4ccccc4)ccc23)c([2H])c1[2H]. The number of furan rings is 1. The van der Waals surface area contributed by atoms with E-state index in [4.69, 9.17) is 19.5 Å². The van der Waals surface area contributed by atoms with Gasteiger partial charge in [-0.1, -0.05) is 145 Å². The number of benzene rings is 8. The minimum absolute atomic E-state index is 0.0645. The molecule has 0 radical (unpaired) electrons. The number of fused-ring (bicyclic) bond motifs is 5. The van der Waals surface area contributed by atoms with Gasteiger partial charge in [-0.25, -0.2) is 0 Å². The van der Waals surface area contributed by atoms with E-state index in [2.05, 4.69) is 0 Å². The van der Waals surface area contributed by atoms with E-state index < -0.39 is 108 Å². The fourth-order valence-electron chi connectivity index (χ4n) is 5.89. The minimum atomic E-state index is -0.674. The van der Waals surface area contributed by atoms with Crippen LogP contribution in [0.15, 0.2) is 174 Å². The van der Waals surface area contributed by atoms with Crippen LogP contribution in [0, 0.1) is 0 Å². The van der Waals surface area contributed by atoms with Crippen molar-refractivity contribution in [2.45, 2.75) is 0 Å². The Morgan fingerprint density at radius 3 is 1.76 bits per heavy atom. The Bertz CT molecular complexity index is 3370. The Morgan fingerprint density at radius 2 is 0.956 bits per heavy atom. The van der Waals surface area contributed by atoms with Gasteiger partial charge in [-0.05, 0) is 90.2 Å². The average molecular weight is 589 g/mol. The second-order valence-corrected chi connectivity index (χ2v) is 10.4. The maximum absolute atomic E-state index is 9.56. The van der Waals surface area contributed by atoms with E-state index in [1.54, 1.807) is 36.4 Å². The molecule has 0 unspecified atom stereocenters. The van der Waals surface area contributed by atoms with E-state index in [0.29, 0.717) is 32.7 Å². The molecule has 0 saturated heterocycles. The summed E-state index contributed by atoms with van der Waals surface area (Å²) in [5.74, 6) is 0. The number of hydrogen-bond donors (Lipinski definition) is 0. The Kier molecular flexibility index (Phi) is 3.28. The van der Waals surface area contributed by atoms with Gasteiger partial charge in [0, 0.05) is 10.8 Å². The van der Waals surface area contributed by atoms with Gasteiger partial charge in [0.15, 0.2) is 0 Å². The van der Waals surface area contributed by atoms with Gasteiger partial charge < -0.3 is 4.42 Å². The molecule has 8 aromatic carbocycles. The third-order valence-electron chi connectivity index (χ3n) is 7.89. The van der Waals surface area contributed by atoms with Gasteiger partial charge in [0.2, 0.25) is 0 Å². The predicted molar refractivity (Wildman–Crippen MR) is 190 cm³/mol. The molecule has 210 valence electrons. The normalized spacial score (nSPS) is 16.5. The molecule has 0 aliphatic heterocycles. The number of hydrogen-bond acceptors (Lipinski definition) is 1. The molecule has 0 saturated carbocycles. The van der Waals surface area contributed by atoms with Crippen molar-refractivity contribution in [1.82, 2.24) is 0 Å². The van der Waals surface area contributed by atoms with Gasteiger partial charge in [-0.2, -0.15) is 0 Å². The summed E-state index contributed by atoms with van der Waals surface area (Å²) in [4.78, 5) is 0. The van der Waals surface area contributed by atoms with Crippen LogP contribution < -0.4 is 0 Å². The Morgan fingerprint density at radius 1 is 0.356 bits per heavy atom. The van der Waals surface area contributed by atoms with Crippen molar-refractivity contribution in [3.05, 3.63) is 169 Å². The van der Waals surface area contributed by atoms with E-state index in [1.165, 1.54) is 0 Å². The summed E-state index contributed by atoms with van der Waals surface area (Å²) in [7, 11) is 0. The summed E-state index contributed by atoms with van der Waals surface area (Å²) < 4.78 is 147. The highest BCUT2D eigenvalue weighted by atomic mass is 16.3. The summed E-state index contributed by atoms with van der Waals surface area (Å²) >= 11 is 0. The zero-order chi connectivity index (χ0) is 43.7. The quantitative estimate of drug-likeness (QED) is 0.186. The van der Waals surface area contributed by atoms with Crippen LogP contribution in [0.25, 0.3) is 88.0 Å². The predicted octanol–water partition coefficient (Wildman–Crippen LogP) is 12.6. The third kappa shape index (κ3) is 4.24. The van der Waals surface area contributed by atoms with E-state index in [0.717, 1.165) is 5.56 Å². The largest absolute Gasteiger partial charge is 0.456 e. The van der Waals surface area contributed by atoms with Crippen LogP contribution in [0.3, 0.4) is 0 Å². The van der Waals surface area contributed by atoms with Crippen LogP contribution in [0.2, 0.25) is 0 Å². The van der Waals surface area contributed by atoms with E-state index in [9.17, 15) is 6.85 Å². The summed E-state index contributed by atoms with van der Waals surface area (Å²) in [5.41, 5.74) is 0.174. The Balaban J connectivity index is 1.42. The highest BCUT2D eigenvalue weighted by Gasteiger charge is 2.18. The lowest BCUT2D eigenvalue weighted by molar-refractivity contribution is 0.669. The van der Waals surface area contributed by atoms with Crippen molar-refractivity contribution in [2.24, 2.45) is 0 Å². The molecule has 1 heterocycles. The zero-order valence-corrected chi connectivity index (χ0v) is 23.3. The third-order valence-corrected chi connectivity index (χ3v) is 7.89. The minimum Gasteiger partial charge on any atom is -0.456 e. The fraction of sp³-hybridized carbons (Fsp3) is 0. The average Bonchev–Trinajstić information content (AvgIpc) is 3.68. The number of rotatable bonds is 4. The smallest absolute Gasteiger partial charge is 0.135 e. The molecule has 1 heteroatoms. The van der Waals surface area contributed by atoms with E-state index >= 15 is 0 Å². The molecule has 9 aromatic rings. The zero-order valence-electron chi connectivity index (χ0n) is 39.3. The number of para-hydroxylation sites is 1. The molecule has 45 heavy (non-hydrogen) atoms. The Hall–Kier alpha value is -5.92. The van der Waals surface area contributed by atoms with Gasteiger partial charge >= 0.3 is 0 Å². The fourth-order valence-corrected chi connectivity index (χ4v) is 5.89. The molecule has 0 aliphatic carbocycles. The topological polar surface area (TPSA) is 13.1 Å². The van der Waals surface area contributed by atoms with Crippen molar-refractivity contribution in [2.75, 3.05) is 0 Å². The molecule has 0 atom stereocenters. The standard InChI is InChI=1S/C44H28O/c1-3-11-29(12-4-1)33-23-25-38-40(28-33)44(37-17-8-7-16-36(37)43(38)31-13-5-2-6-14-31)32-21-19-30(20-22-32)34-24-26-42-39(27-34)35-15-9-10-18-41(35)45-42/h1-28H/i2D,5D,6D,9D,10D,13D,14D,15D,18D,19D,20D,21D,22D,24D,26D,27D. The van der Waals surface area contributed by atoms with Gasteiger partial charge in [0.1, 0.15) is 11.2 Å². The first kappa shape index (κ1) is 14.2. The molecule has 9 rings (SSSR count). The molecule has 0 fully saturated rings. The first-order chi connectivity index (χ1) is 29.0. The van der Waals surface area contributed by atoms with Crippen LogP contribution in [-0.4, -0.2) is 0 Å². The van der Waals surface area contributed by atoms with Crippen molar-refractivity contribution in [3.63, 3.8) is 0 Å². The molecule has 1 aromatic heterocycles. The van der Waals surface area contributed by atoms with Crippen LogP contribution in [0.1, 0.15) is 21.9 Å². The first-order valence-corrected chi connectivity index (χ1v) is 14.1. The highest BCUT2D eigenvalue weighted by Crippen LogP contribution is 2.45. The Labute approximate surface area is 284 Å². The van der Waals surface area contributed by atoms with Gasteiger partial charge in [-0.15, -0.1) is 0 Å². The van der Waals surface area contributed by atoms with Crippen molar-refractivity contribution in [3.8, 4) is 44.5 Å². The lowest BCUT2D eigenvalue weighted by Crippen LogP contribution is -1.92. The van der Waals surface area contributed by atoms with Gasteiger partial charge in [-0.3, -0.25) is 0 Å². The van der Waals surface area contributed by atoms with Crippen LogP contribution in [0.5, 0.6) is 0 Å². The summed E-state index contributed by atoms with van der Waals surface area (Å²) in [6, 6.07) is 12.3. The van der Waals surface area contributed by atoms with Crippen molar-refractivity contribution < 1.29 is 26.3 Å². The van der Waals surface area contributed by atoms with Crippen LogP contribution in [0.4, 0.5) is 0 Å². The molecule has 0 amide bonds. The van der Waals surface area contributed by atoms with E-state index in [1.807, 2.05) is 36.4 Å². The molecule has 0 N–H and O–H groups in total. The first-order valence-electron chi connectivity index (χ1n) is 22.1. The summed E-state index contributed by atoms with van der Waals surface area (Å²) in [5, 5.41) is 1.10. The van der Waals surface area contributed by atoms with Crippen LogP contribution >= 0.6 is 0 Å².